The summed E-state index contributed by atoms with van der Waals surface area (Å²) in [7, 11) is -3.87. The molecule has 0 spiro atoms. The fourth-order valence-electron chi connectivity index (χ4n) is 2.79. The average molecular weight is 410 g/mol. The van der Waals surface area contributed by atoms with E-state index in [0.29, 0.717) is 22.0 Å². The maximum atomic E-state index is 13.1. The summed E-state index contributed by atoms with van der Waals surface area (Å²) in [6.45, 7) is 0. The van der Waals surface area contributed by atoms with E-state index in [1.54, 1.807) is 28.9 Å². The smallest absolute Gasteiger partial charge is 0.265 e. The number of nitrogens with zero attached hydrogens (tertiary/aromatic N) is 2. The van der Waals surface area contributed by atoms with Gasteiger partial charge in [0.25, 0.3) is 10.0 Å². The fraction of sp³-hybridized carbons (Fsp3) is 0. The largest absolute Gasteiger partial charge is 0.280 e. The van der Waals surface area contributed by atoms with Crippen molar-refractivity contribution in [2.24, 2.45) is 0 Å². The van der Waals surface area contributed by atoms with Crippen LogP contribution in [0.5, 0.6) is 0 Å². The normalized spacial score (nSPS) is 11.3. The lowest BCUT2D eigenvalue weighted by atomic mass is 10.2. The molecular weight excluding hydrogens is 394 g/mol. The molecule has 1 N–H and O–H groups in total. The third-order valence-electron chi connectivity index (χ3n) is 4.13. The minimum absolute atomic E-state index is 0.0949. The van der Waals surface area contributed by atoms with Gasteiger partial charge in [0.2, 0.25) is 0 Å². The summed E-state index contributed by atoms with van der Waals surface area (Å²) in [5.74, 6) is 0. The van der Waals surface area contributed by atoms with Gasteiger partial charge < -0.3 is 0 Å². The molecule has 5 nitrogen and oxygen atoms in total. The highest BCUT2D eigenvalue weighted by Crippen LogP contribution is 2.29. The van der Waals surface area contributed by atoms with Crippen LogP contribution in [-0.4, -0.2) is 18.2 Å². The Kier molecular flexibility index (Phi) is 4.90. The number of sulfonamides is 1. The van der Waals surface area contributed by atoms with E-state index in [9.17, 15) is 8.42 Å². The number of benzene rings is 3. The van der Waals surface area contributed by atoms with Gasteiger partial charge in [0.05, 0.1) is 11.9 Å². The third-order valence-corrected chi connectivity index (χ3v) is 5.77. The van der Waals surface area contributed by atoms with Gasteiger partial charge in [0, 0.05) is 16.3 Å². The summed E-state index contributed by atoms with van der Waals surface area (Å²) in [5, 5.41) is 5.08. The van der Waals surface area contributed by atoms with Gasteiger partial charge in [-0.3, -0.25) is 4.72 Å². The lowest BCUT2D eigenvalue weighted by Crippen LogP contribution is -2.13. The summed E-state index contributed by atoms with van der Waals surface area (Å²) in [6, 6.07) is 25.1. The Bertz CT molecular complexity index is 1190. The van der Waals surface area contributed by atoms with E-state index >= 15 is 0 Å². The lowest BCUT2D eigenvalue weighted by Gasteiger charge is -2.08. The van der Waals surface area contributed by atoms with Crippen molar-refractivity contribution in [3.63, 3.8) is 0 Å². The van der Waals surface area contributed by atoms with Gasteiger partial charge in [-0.15, -0.1) is 0 Å². The molecule has 0 aliphatic carbocycles. The summed E-state index contributed by atoms with van der Waals surface area (Å²) < 4.78 is 30.4. The van der Waals surface area contributed by atoms with Gasteiger partial charge in [0.15, 0.2) is 0 Å². The summed E-state index contributed by atoms with van der Waals surface area (Å²) >= 11 is 5.89. The third kappa shape index (κ3) is 3.78. The Morgan fingerprint density at radius 2 is 1.43 bits per heavy atom. The highest BCUT2D eigenvalue weighted by Gasteiger charge is 2.24. The van der Waals surface area contributed by atoms with E-state index in [2.05, 4.69) is 9.82 Å². The van der Waals surface area contributed by atoms with Crippen LogP contribution in [0.2, 0.25) is 5.02 Å². The van der Waals surface area contributed by atoms with Crippen molar-refractivity contribution >= 4 is 27.3 Å². The van der Waals surface area contributed by atoms with Gasteiger partial charge >= 0.3 is 0 Å². The second-order valence-corrected chi connectivity index (χ2v) is 8.19. The summed E-state index contributed by atoms with van der Waals surface area (Å²) in [5.41, 5.74) is 2.29. The Morgan fingerprint density at radius 1 is 0.821 bits per heavy atom. The first-order chi connectivity index (χ1) is 13.5. The van der Waals surface area contributed by atoms with Gasteiger partial charge in [-0.25, -0.2) is 13.1 Å². The van der Waals surface area contributed by atoms with Crippen LogP contribution in [-0.2, 0) is 10.0 Å². The molecule has 4 rings (SSSR count). The van der Waals surface area contributed by atoms with Crippen LogP contribution in [0.4, 0.5) is 5.69 Å². The molecule has 0 amide bonds. The first-order valence-electron chi connectivity index (χ1n) is 8.52. The molecule has 0 aliphatic rings. The molecule has 0 saturated heterocycles. The molecule has 140 valence electrons. The predicted molar refractivity (Wildman–Crippen MR) is 111 cm³/mol. The molecule has 0 saturated carbocycles. The molecule has 0 atom stereocenters. The number of anilines is 1. The van der Waals surface area contributed by atoms with Crippen LogP contribution < -0.4 is 4.72 Å². The van der Waals surface area contributed by atoms with Crippen LogP contribution in [0.3, 0.4) is 0 Å². The predicted octanol–water partition coefficient (Wildman–Crippen LogP) is 4.99. The Morgan fingerprint density at radius 3 is 2.07 bits per heavy atom. The molecule has 1 heterocycles. The summed E-state index contributed by atoms with van der Waals surface area (Å²) in [4.78, 5) is 0.0949. The topological polar surface area (TPSA) is 64.0 Å². The molecular formula is C21H16ClN3O2S. The second kappa shape index (κ2) is 7.50. The van der Waals surface area contributed by atoms with E-state index in [-0.39, 0.29) is 4.90 Å². The van der Waals surface area contributed by atoms with Gasteiger partial charge in [0.1, 0.15) is 10.6 Å². The van der Waals surface area contributed by atoms with E-state index < -0.39 is 10.0 Å². The van der Waals surface area contributed by atoms with Crippen LogP contribution in [0.25, 0.3) is 16.9 Å². The van der Waals surface area contributed by atoms with Crippen LogP contribution in [0, 0.1) is 0 Å². The van der Waals surface area contributed by atoms with E-state index in [0.717, 1.165) is 5.69 Å². The van der Waals surface area contributed by atoms with Gasteiger partial charge in [-0.05, 0) is 36.4 Å². The number of aromatic nitrogens is 2. The molecule has 0 aliphatic heterocycles. The van der Waals surface area contributed by atoms with E-state index in [1.807, 2.05) is 60.7 Å². The molecule has 3 aromatic carbocycles. The second-order valence-electron chi connectivity index (χ2n) is 6.10. The fourth-order valence-corrected chi connectivity index (χ4v) is 4.13. The summed E-state index contributed by atoms with van der Waals surface area (Å²) in [6.07, 6.45) is 1.52. The maximum Gasteiger partial charge on any atom is 0.265 e. The molecule has 0 unspecified atom stereocenters. The minimum atomic E-state index is -3.87. The SMILES string of the molecule is O=S(=O)(Nc1ccc(Cl)cc1)c1cn(-c2ccccc2)nc1-c1ccccc1. The zero-order valence-corrected chi connectivity index (χ0v) is 16.2. The zero-order chi connectivity index (χ0) is 19.6. The number of para-hydroxylation sites is 1. The zero-order valence-electron chi connectivity index (χ0n) is 14.7. The van der Waals surface area contributed by atoms with Crippen molar-refractivity contribution in [3.05, 3.63) is 96.1 Å². The van der Waals surface area contributed by atoms with Crippen molar-refractivity contribution in [1.29, 1.82) is 0 Å². The molecule has 0 bridgehead atoms. The van der Waals surface area contributed by atoms with E-state index in [4.69, 9.17) is 11.6 Å². The van der Waals surface area contributed by atoms with Crippen LogP contribution in [0.1, 0.15) is 0 Å². The molecule has 4 aromatic rings. The first-order valence-corrected chi connectivity index (χ1v) is 10.4. The Labute approximate surface area is 168 Å². The molecule has 28 heavy (non-hydrogen) atoms. The standard InChI is InChI=1S/C21H16ClN3O2S/c22-17-11-13-18(14-12-17)24-28(26,27)20-15-25(19-9-5-2-6-10-19)23-21(20)16-7-3-1-4-8-16/h1-15,24H. The van der Waals surface area contributed by atoms with Crippen molar-refractivity contribution in [2.75, 3.05) is 4.72 Å². The molecule has 7 heteroatoms. The number of hydrogen-bond acceptors (Lipinski definition) is 3. The van der Waals surface area contributed by atoms with Crippen molar-refractivity contribution < 1.29 is 8.42 Å². The van der Waals surface area contributed by atoms with Gasteiger partial charge in [-0.2, -0.15) is 5.10 Å². The minimum Gasteiger partial charge on any atom is -0.280 e. The van der Waals surface area contributed by atoms with Crippen LogP contribution >= 0.6 is 11.6 Å². The lowest BCUT2D eigenvalue weighted by molar-refractivity contribution is 0.601. The average Bonchev–Trinajstić information content (AvgIpc) is 3.18. The van der Waals surface area contributed by atoms with E-state index in [1.165, 1.54) is 6.20 Å². The highest BCUT2D eigenvalue weighted by atomic mass is 35.5. The number of halogens is 1. The molecule has 0 fully saturated rings. The first kappa shape index (κ1) is 18.3. The van der Waals surface area contributed by atoms with Crippen molar-refractivity contribution in [3.8, 4) is 16.9 Å². The monoisotopic (exact) mass is 409 g/mol. The quantitative estimate of drug-likeness (QED) is 0.504. The van der Waals surface area contributed by atoms with Crippen molar-refractivity contribution in [1.82, 2.24) is 9.78 Å². The van der Waals surface area contributed by atoms with Gasteiger partial charge in [-0.1, -0.05) is 60.1 Å². The number of rotatable bonds is 5. The maximum absolute atomic E-state index is 13.1. The Balaban J connectivity index is 1.82. The number of nitrogens with one attached hydrogen (secondary N) is 1. The highest BCUT2D eigenvalue weighted by molar-refractivity contribution is 7.92. The molecule has 1 aromatic heterocycles. The number of hydrogen-bond donors (Lipinski definition) is 1. The van der Waals surface area contributed by atoms with Crippen LogP contribution in [0.15, 0.2) is 96.0 Å². The Hall–Kier alpha value is -3.09. The molecule has 0 radical (unpaired) electrons. The van der Waals surface area contributed by atoms with Crippen molar-refractivity contribution in [2.45, 2.75) is 4.90 Å².